The number of nitrogens with zero attached hydrogens (tertiary/aromatic N) is 3. The summed E-state index contributed by atoms with van der Waals surface area (Å²) in [4.78, 5) is 19.5. The Labute approximate surface area is 170 Å². The van der Waals surface area contributed by atoms with Crippen molar-refractivity contribution in [1.82, 2.24) is 4.98 Å². The van der Waals surface area contributed by atoms with Crippen LogP contribution < -0.4 is 0 Å². The maximum atomic E-state index is 11.0. The van der Waals surface area contributed by atoms with E-state index in [1.54, 1.807) is 54.8 Å². The summed E-state index contributed by atoms with van der Waals surface area (Å²) in [5, 5.41) is 11.6. The van der Waals surface area contributed by atoms with Crippen molar-refractivity contribution in [2.24, 2.45) is 4.99 Å². The maximum absolute atomic E-state index is 11.0. The lowest BCUT2D eigenvalue weighted by molar-refractivity contribution is -0.385. The van der Waals surface area contributed by atoms with Gasteiger partial charge in [-0.15, -0.1) is 0 Å². The number of nitro benzene ring substituents is 1. The molecular formula is C22H14ClN3O3. The van der Waals surface area contributed by atoms with Crippen LogP contribution in [0.3, 0.4) is 0 Å². The van der Waals surface area contributed by atoms with Gasteiger partial charge in [0.2, 0.25) is 5.89 Å². The topological polar surface area (TPSA) is 81.5 Å². The zero-order valence-corrected chi connectivity index (χ0v) is 15.8. The van der Waals surface area contributed by atoms with Crippen LogP contribution in [0.1, 0.15) is 5.56 Å². The summed E-state index contributed by atoms with van der Waals surface area (Å²) in [5.74, 6) is 0.486. The standard InChI is InChI=1S/C22H14ClN3O3/c23-17-8-3-6-16(13-17)22-25-19-14-18(10-11-21(19)29-22)24-12-4-7-15-5-1-2-9-20(15)26(27)28/h1-14H/b7-4+,24-12?. The van der Waals surface area contributed by atoms with Gasteiger partial charge in [-0.05, 0) is 54.6 Å². The number of oxazole rings is 1. The number of hydrogen-bond donors (Lipinski definition) is 0. The van der Waals surface area contributed by atoms with Crippen LogP contribution in [0.2, 0.25) is 5.02 Å². The number of fused-ring (bicyclic) bond motifs is 1. The van der Waals surface area contributed by atoms with Gasteiger partial charge in [-0.25, -0.2) is 4.98 Å². The van der Waals surface area contributed by atoms with E-state index < -0.39 is 4.92 Å². The molecule has 1 aromatic heterocycles. The molecule has 6 nitrogen and oxygen atoms in total. The molecular weight excluding hydrogens is 390 g/mol. The van der Waals surface area contributed by atoms with Crippen molar-refractivity contribution in [2.75, 3.05) is 0 Å². The van der Waals surface area contributed by atoms with Gasteiger partial charge in [0.25, 0.3) is 5.69 Å². The minimum absolute atomic E-state index is 0.0507. The molecule has 0 aliphatic heterocycles. The Morgan fingerprint density at radius 3 is 2.76 bits per heavy atom. The summed E-state index contributed by atoms with van der Waals surface area (Å²) in [6.07, 6.45) is 4.89. The molecule has 0 amide bonds. The highest BCUT2D eigenvalue weighted by molar-refractivity contribution is 6.30. The molecule has 4 rings (SSSR count). The van der Waals surface area contributed by atoms with Gasteiger partial charge >= 0.3 is 0 Å². The van der Waals surface area contributed by atoms with Gasteiger partial charge in [0.1, 0.15) is 5.52 Å². The molecule has 142 valence electrons. The van der Waals surface area contributed by atoms with Crippen LogP contribution in [0, 0.1) is 10.1 Å². The van der Waals surface area contributed by atoms with E-state index in [1.165, 1.54) is 6.07 Å². The van der Waals surface area contributed by atoms with E-state index in [-0.39, 0.29) is 5.69 Å². The number of benzene rings is 3. The average molecular weight is 404 g/mol. The predicted octanol–water partition coefficient (Wildman–Crippen LogP) is 6.47. The smallest absolute Gasteiger partial charge is 0.276 e. The summed E-state index contributed by atoms with van der Waals surface area (Å²) in [5.41, 5.74) is 3.38. The van der Waals surface area contributed by atoms with E-state index in [2.05, 4.69) is 9.98 Å². The quantitative estimate of drug-likeness (QED) is 0.217. The molecule has 0 aliphatic carbocycles. The Hall–Kier alpha value is -3.77. The molecule has 0 fully saturated rings. The molecule has 0 bridgehead atoms. The summed E-state index contributed by atoms with van der Waals surface area (Å²) >= 11 is 6.03. The Bertz CT molecular complexity index is 1260. The molecule has 0 unspecified atom stereocenters. The monoisotopic (exact) mass is 403 g/mol. The van der Waals surface area contributed by atoms with E-state index in [4.69, 9.17) is 16.0 Å². The van der Waals surface area contributed by atoms with E-state index in [0.29, 0.717) is 33.3 Å². The zero-order chi connectivity index (χ0) is 20.2. The second-order valence-corrected chi connectivity index (χ2v) is 6.57. The zero-order valence-electron chi connectivity index (χ0n) is 15.0. The van der Waals surface area contributed by atoms with Gasteiger partial charge in [0.15, 0.2) is 5.58 Å². The number of allylic oxidation sites excluding steroid dienone is 1. The summed E-state index contributed by atoms with van der Waals surface area (Å²) in [6, 6.07) is 19.2. The van der Waals surface area contributed by atoms with Crippen LogP contribution in [0.15, 0.2) is 82.2 Å². The molecule has 0 N–H and O–H groups in total. The Morgan fingerprint density at radius 2 is 1.93 bits per heavy atom. The first-order valence-corrected chi connectivity index (χ1v) is 9.09. The molecule has 0 spiro atoms. The van der Waals surface area contributed by atoms with E-state index in [9.17, 15) is 10.1 Å². The van der Waals surface area contributed by atoms with Gasteiger partial charge in [0.05, 0.1) is 16.2 Å². The Balaban J connectivity index is 1.55. The van der Waals surface area contributed by atoms with Crippen molar-refractivity contribution in [2.45, 2.75) is 0 Å². The summed E-state index contributed by atoms with van der Waals surface area (Å²) in [7, 11) is 0. The maximum Gasteiger partial charge on any atom is 0.276 e. The van der Waals surface area contributed by atoms with Crippen LogP contribution in [-0.2, 0) is 0 Å². The fourth-order valence-corrected chi connectivity index (χ4v) is 3.00. The number of aliphatic imine (C=N–C) groups is 1. The average Bonchev–Trinajstić information content (AvgIpc) is 3.15. The molecule has 0 atom stereocenters. The first-order valence-electron chi connectivity index (χ1n) is 8.71. The van der Waals surface area contributed by atoms with Crippen LogP contribution in [0.5, 0.6) is 0 Å². The van der Waals surface area contributed by atoms with Crippen molar-refractivity contribution in [3.63, 3.8) is 0 Å². The summed E-state index contributed by atoms with van der Waals surface area (Å²) < 4.78 is 5.78. The lowest BCUT2D eigenvalue weighted by Crippen LogP contribution is -1.90. The molecule has 0 saturated heterocycles. The number of hydrogen-bond acceptors (Lipinski definition) is 5. The minimum atomic E-state index is -0.410. The highest BCUT2D eigenvalue weighted by atomic mass is 35.5. The number of para-hydroxylation sites is 1. The van der Waals surface area contributed by atoms with Crippen LogP contribution in [0.25, 0.3) is 28.6 Å². The number of aromatic nitrogens is 1. The highest BCUT2D eigenvalue weighted by Gasteiger charge is 2.10. The van der Waals surface area contributed by atoms with E-state index in [1.807, 2.05) is 24.3 Å². The van der Waals surface area contributed by atoms with Gasteiger partial charge in [0, 0.05) is 22.9 Å². The van der Waals surface area contributed by atoms with Crippen molar-refractivity contribution in [3.8, 4) is 11.5 Å². The summed E-state index contributed by atoms with van der Waals surface area (Å²) in [6.45, 7) is 0. The fourth-order valence-electron chi connectivity index (χ4n) is 2.81. The Kier molecular flexibility index (Phi) is 5.18. The first-order chi connectivity index (χ1) is 14.1. The second kappa shape index (κ2) is 8.08. The third kappa shape index (κ3) is 4.23. The number of rotatable bonds is 5. The highest BCUT2D eigenvalue weighted by Crippen LogP contribution is 2.28. The van der Waals surface area contributed by atoms with Crippen molar-refractivity contribution >= 4 is 46.4 Å². The normalized spacial score (nSPS) is 11.6. The number of halogens is 1. The minimum Gasteiger partial charge on any atom is -0.436 e. The number of nitro groups is 1. The van der Waals surface area contributed by atoms with E-state index >= 15 is 0 Å². The van der Waals surface area contributed by atoms with Crippen LogP contribution >= 0.6 is 11.6 Å². The van der Waals surface area contributed by atoms with Crippen molar-refractivity contribution in [1.29, 1.82) is 0 Å². The van der Waals surface area contributed by atoms with Gasteiger partial charge in [-0.3, -0.25) is 15.1 Å². The van der Waals surface area contributed by atoms with Crippen molar-refractivity contribution in [3.05, 3.63) is 93.5 Å². The fraction of sp³-hybridized carbons (Fsp3) is 0. The van der Waals surface area contributed by atoms with Gasteiger partial charge in [-0.2, -0.15) is 0 Å². The molecule has 0 aliphatic rings. The second-order valence-electron chi connectivity index (χ2n) is 6.13. The predicted molar refractivity (Wildman–Crippen MR) is 115 cm³/mol. The lowest BCUT2D eigenvalue weighted by atomic mass is 10.1. The third-order valence-electron chi connectivity index (χ3n) is 4.16. The Morgan fingerprint density at radius 1 is 1.07 bits per heavy atom. The SMILES string of the molecule is O=[N+]([O-])c1ccccc1/C=C/C=Nc1ccc2oc(-c3cccc(Cl)c3)nc2c1. The first kappa shape index (κ1) is 18.6. The molecule has 29 heavy (non-hydrogen) atoms. The molecule has 1 heterocycles. The lowest BCUT2D eigenvalue weighted by Gasteiger charge is -1.95. The van der Waals surface area contributed by atoms with E-state index in [0.717, 1.165) is 5.56 Å². The third-order valence-corrected chi connectivity index (χ3v) is 4.40. The molecule has 3 aromatic carbocycles. The van der Waals surface area contributed by atoms with Crippen LogP contribution in [-0.4, -0.2) is 16.1 Å². The van der Waals surface area contributed by atoms with Gasteiger partial charge < -0.3 is 4.42 Å². The molecule has 4 aromatic rings. The van der Waals surface area contributed by atoms with Gasteiger partial charge in [-0.1, -0.05) is 29.8 Å². The van der Waals surface area contributed by atoms with Crippen LogP contribution in [0.4, 0.5) is 11.4 Å². The molecule has 0 radical (unpaired) electrons. The molecule has 7 heteroatoms. The van der Waals surface area contributed by atoms with Crippen molar-refractivity contribution < 1.29 is 9.34 Å². The molecule has 0 saturated carbocycles. The largest absolute Gasteiger partial charge is 0.436 e.